The smallest absolute Gasteiger partial charge is 0.311 e. The summed E-state index contributed by atoms with van der Waals surface area (Å²) in [5, 5.41) is 8.72. The van der Waals surface area contributed by atoms with E-state index in [1.54, 1.807) is 18.2 Å². The minimum Gasteiger partial charge on any atom is -0.481 e. The van der Waals surface area contributed by atoms with Crippen molar-refractivity contribution in [2.24, 2.45) is 0 Å². The summed E-state index contributed by atoms with van der Waals surface area (Å²) in [6.45, 7) is 1.39. The first-order valence-corrected chi connectivity index (χ1v) is 4.82. The van der Waals surface area contributed by atoms with Crippen LogP contribution in [0.15, 0.2) is 28.7 Å². The van der Waals surface area contributed by atoms with Gasteiger partial charge in [0.2, 0.25) is 0 Å². The Labute approximate surface area is 91.8 Å². The third kappa shape index (κ3) is 1.82. The predicted octanol–water partition coefficient (Wildman–Crippen LogP) is 2.21. The molecule has 0 atom stereocenters. The fraction of sp³-hybridized carbons (Fsp3) is 0.167. The van der Waals surface area contributed by atoms with Crippen molar-refractivity contribution in [3.8, 4) is 11.3 Å². The molecule has 16 heavy (non-hydrogen) atoms. The number of aliphatic carboxylic acids is 1. The summed E-state index contributed by atoms with van der Waals surface area (Å²) in [5.41, 5.74) is 1.14. The molecule has 0 spiro atoms. The lowest BCUT2D eigenvalue weighted by Crippen LogP contribution is -2.07. The third-order valence-corrected chi connectivity index (χ3v) is 2.33. The molecular weight excluding hydrogens is 208 g/mol. The van der Waals surface area contributed by atoms with E-state index in [4.69, 9.17) is 9.52 Å². The largest absolute Gasteiger partial charge is 0.481 e. The Balaban J connectivity index is 2.59. The molecule has 0 bridgehead atoms. The normalized spacial score (nSPS) is 10.6. The lowest BCUT2D eigenvalue weighted by molar-refractivity contribution is -0.136. The number of carboxylic acid groups (broad SMARTS) is 1. The van der Waals surface area contributed by atoms with E-state index in [1.807, 2.05) is 6.07 Å². The number of ketones is 1. The van der Waals surface area contributed by atoms with E-state index in [2.05, 4.69) is 0 Å². The van der Waals surface area contributed by atoms with Crippen LogP contribution in [0.2, 0.25) is 0 Å². The van der Waals surface area contributed by atoms with Crippen molar-refractivity contribution in [2.45, 2.75) is 13.3 Å². The maximum Gasteiger partial charge on any atom is 0.311 e. The number of Topliss-reactive ketones (excluding diaryl/α,β-unsaturated/α-hetero) is 1. The van der Waals surface area contributed by atoms with E-state index >= 15 is 0 Å². The summed E-state index contributed by atoms with van der Waals surface area (Å²) in [4.78, 5) is 22.0. The molecule has 4 heteroatoms. The Kier molecular flexibility index (Phi) is 2.48. The zero-order chi connectivity index (χ0) is 11.7. The standard InChI is InChI=1S/C12H10O4/c1-7(13)9-5-8-3-2-4-10(8)16-11(9)6-12(14)15/h2-5H,6H2,1H3,(H,14,15). The number of fused-ring (bicyclic) bond motifs is 1. The van der Waals surface area contributed by atoms with Crippen LogP contribution in [-0.2, 0) is 11.2 Å². The van der Waals surface area contributed by atoms with Gasteiger partial charge in [0, 0.05) is 5.56 Å². The summed E-state index contributed by atoms with van der Waals surface area (Å²) in [7, 11) is 0. The van der Waals surface area contributed by atoms with Gasteiger partial charge in [0.05, 0.1) is 5.56 Å². The molecule has 2 aliphatic rings. The van der Waals surface area contributed by atoms with E-state index in [0.717, 1.165) is 5.56 Å². The van der Waals surface area contributed by atoms with Crippen LogP contribution < -0.4 is 0 Å². The van der Waals surface area contributed by atoms with Crippen LogP contribution in [0.3, 0.4) is 0 Å². The highest BCUT2D eigenvalue weighted by molar-refractivity contribution is 5.97. The molecule has 0 saturated carbocycles. The maximum atomic E-state index is 11.4. The van der Waals surface area contributed by atoms with Gasteiger partial charge >= 0.3 is 5.97 Å². The number of hydrogen-bond donors (Lipinski definition) is 1. The second-order valence-corrected chi connectivity index (χ2v) is 3.56. The molecule has 4 nitrogen and oxygen atoms in total. The molecule has 1 aliphatic heterocycles. The summed E-state index contributed by atoms with van der Waals surface area (Å²) >= 11 is 0. The van der Waals surface area contributed by atoms with Crippen LogP contribution in [0.5, 0.6) is 0 Å². The highest BCUT2D eigenvalue weighted by atomic mass is 16.4. The van der Waals surface area contributed by atoms with Crippen molar-refractivity contribution >= 4 is 11.8 Å². The van der Waals surface area contributed by atoms with E-state index in [1.165, 1.54) is 6.92 Å². The van der Waals surface area contributed by atoms with E-state index in [0.29, 0.717) is 11.3 Å². The SMILES string of the molecule is CC(=O)c1cc2cccc-2oc1CC(=O)O. The van der Waals surface area contributed by atoms with Crippen molar-refractivity contribution in [1.82, 2.24) is 0 Å². The number of carboxylic acids is 1. The number of rotatable bonds is 3. The number of carbonyl (C=O) groups is 2. The molecule has 0 fully saturated rings. The van der Waals surface area contributed by atoms with Gasteiger partial charge in [-0.3, -0.25) is 9.59 Å². The van der Waals surface area contributed by atoms with Crippen molar-refractivity contribution in [1.29, 1.82) is 0 Å². The topological polar surface area (TPSA) is 67.5 Å². The third-order valence-electron chi connectivity index (χ3n) is 2.33. The van der Waals surface area contributed by atoms with Crippen molar-refractivity contribution < 1.29 is 19.1 Å². The number of carbonyl (C=O) groups excluding carboxylic acids is 1. The second-order valence-electron chi connectivity index (χ2n) is 3.56. The Morgan fingerprint density at radius 1 is 1.38 bits per heavy atom. The van der Waals surface area contributed by atoms with Crippen LogP contribution in [0, 0.1) is 0 Å². The molecule has 82 valence electrons. The van der Waals surface area contributed by atoms with Gasteiger partial charge in [-0.1, -0.05) is 12.1 Å². The molecule has 0 aromatic heterocycles. The van der Waals surface area contributed by atoms with E-state index in [9.17, 15) is 9.59 Å². The zero-order valence-corrected chi connectivity index (χ0v) is 8.69. The van der Waals surface area contributed by atoms with Gasteiger partial charge in [0.15, 0.2) is 5.78 Å². The first-order chi connectivity index (χ1) is 7.58. The monoisotopic (exact) mass is 218 g/mol. The van der Waals surface area contributed by atoms with Crippen molar-refractivity contribution in [3.63, 3.8) is 0 Å². The Hall–Kier alpha value is -2.10. The quantitative estimate of drug-likeness (QED) is 0.802. The molecule has 0 saturated heterocycles. The van der Waals surface area contributed by atoms with Gasteiger partial charge in [0.25, 0.3) is 0 Å². The molecule has 1 heterocycles. The van der Waals surface area contributed by atoms with Gasteiger partial charge in [-0.05, 0) is 19.1 Å². The van der Waals surface area contributed by atoms with Gasteiger partial charge in [0.1, 0.15) is 17.9 Å². The first-order valence-electron chi connectivity index (χ1n) is 4.82. The highest BCUT2D eigenvalue weighted by Crippen LogP contribution is 2.27. The van der Waals surface area contributed by atoms with Crippen molar-refractivity contribution in [2.75, 3.05) is 0 Å². The maximum absolute atomic E-state index is 11.4. The molecule has 1 N–H and O–H groups in total. The minimum atomic E-state index is -1.02. The molecule has 0 amide bonds. The molecule has 0 aromatic rings. The molecule has 0 aromatic carbocycles. The second kappa shape index (κ2) is 3.81. The van der Waals surface area contributed by atoms with Gasteiger partial charge in [-0.15, -0.1) is 0 Å². The van der Waals surface area contributed by atoms with Crippen LogP contribution in [0.4, 0.5) is 0 Å². The van der Waals surface area contributed by atoms with Crippen LogP contribution in [0.25, 0.3) is 11.3 Å². The van der Waals surface area contributed by atoms with Crippen LogP contribution in [-0.4, -0.2) is 16.9 Å². The fourth-order valence-corrected chi connectivity index (χ4v) is 1.62. The van der Waals surface area contributed by atoms with Gasteiger partial charge in [-0.2, -0.15) is 0 Å². The van der Waals surface area contributed by atoms with Gasteiger partial charge < -0.3 is 9.52 Å². The Bertz CT molecular complexity index is 524. The average Bonchev–Trinajstić information content (AvgIpc) is 2.62. The van der Waals surface area contributed by atoms with Crippen LogP contribution in [0.1, 0.15) is 23.0 Å². The Morgan fingerprint density at radius 2 is 2.12 bits per heavy atom. The molecular formula is C12H10O4. The average molecular weight is 218 g/mol. The lowest BCUT2D eigenvalue weighted by atomic mass is 10.1. The first kappa shape index (κ1) is 10.4. The van der Waals surface area contributed by atoms with Crippen molar-refractivity contribution in [3.05, 3.63) is 35.6 Å². The fourth-order valence-electron chi connectivity index (χ4n) is 1.62. The highest BCUT2D eigenvalue weighted by Gasteiger charge is 2.17. The molecule has 2 rings (SSSR count). The number of hydrogen-bond acceptors (Lipinski definition) is 3. The van der Waals surface area contributed by atoms with Gasteiger partial charge in [-0.25, -0.2) is 0 Å². The molecule has 0 radical (unpaired) electrons. The summed E-state index contributed by atoms with van der Waals surface area (Å²) in [5.74, 6) is -0.403. The summed E-state index contributed by atoms with van der Waals surface area (Å²) in [6, 6.07) is 7.02. The lowest BCUT2D eigenvalue weighted by Gasteiger charge is -2.07. The molecule has 1 aliphatic carbocycles. The predicted molar refractivity (Wildman–Crippen MR) is 56.7 cm³/mol. The summed E-state index contributed by atoms with van der Waals surface area (Å²) < 4.78 is 5.40. The zero-order valence-electron chi connectivity index (χ0n) is 8.69. The summed E-state index contributed by atoms with van der Waals surface area (Å²) in [6.07, 6.45) is -0.282. The van der Waals surface area contributed by atoms with E-state index < -0.39 is 5.97 Å². The molecule has 0 unspecified atom stereocenters. The Morgan fingerprint density at radius 3 is 2.75 bits per heavy atom. The van der Waals surface area contributed by atoms with Crippen LogP contribution >= 0.6 is 0 Å². The van der Waals surface area contributed by atoms with E-state index in [-0.39, 0.29) is 18.0 Å². The minimum absolute atomic E-state index is 0.192.